The molecule has 4 unspecified atom stereocenters. The lowest BCUT2D eigenvalue weighted by Gasteiger charge is -2.53. The maximum Gasteiger partial charge on any atom is 0.0655 e. The van der Waals surface area contributed by atoms with Crippen molar-refractivity contribution in [1.29, 1.82) is 0 Å². The molecule has 1 saturated heterocycles. The summed E-state index contributed by atoms with van der Waals surface area (Å²) in [5, 5.41) is 7.32. The molecule has 0 aromatic rings. The number of hydrogen-bond acceptors (Lipinski definition) is 3. The van der Waals surface area contributed by atoms with Gasteiger partial charge in [0.25, 0.3) is 0 Å². The Hall–Kier alpha value is -0.120. The highest BCUT2D eigenvalue weighted by Crippen LogP contribution is 2.43. The molecular formula is C14H28N2O. The highest BCUT2D eigenvalue weighted by molar-refractivity contribution is 5.04. The van der Waals surface area contributed by atoms with Gasteiger partial charge in [0.05, 0.1) is 6.10 Å². The largest absolute Gasteiger partial charge is 0.378 e. The highest BCUT2D eigenvalue weighted by Gasteiger charge is 2.49. The van der Waals surface area contributed by atoms with Crippen molar-refractivity contribution in [2.75, 3.05) is 19.7 Å². The van der Waals surface area contributed by atoms with Crippen LogP contribution < -0.4 is 10.6 Å². The van der Waals surface area contributed by atoms with Gasteiger partial charge in [-0.1, -0.05) is 20.8 Å². The Morgan fingerprint density at radius 1 is 1.41 bits per heavy atom. The Morgan fingerprint density at radius 2 is 2.18 bits per heavy atom. The van der Waals surface area contributed by atoms with Crippen LogP contribution in [0.2, 0.25) is 0 Å². The fourth-order valence-corrected chi connectivity index (χ4v) is 3.17. The third kappa shape index (κ3) is 2.67. The molecule has 2 fully saturated rings. The highest BCUT2D eigenvalue weighted by atomic mass is 16.5. The summed E-state index contributed by atoms with van der Waals surface area (Å²) >= 11 is 0. The summed E-state index contributed by atoms with van der Waals surface area (Å²) < 4.78 is 5.79. The van der Waals surface area contributed by atoms with Crippen LogP contribution in [0.5, 0.6) is 0 Å². The average molecular weight is 240 g/mol. The van der Waals surface area contributed by atoms with Crippen LogP contribution in [0.3, 0.4) is 0 Å². The summed E-state index contributed by atoms with van der Waals surface area (Å²) in [5.74, 6) is 0.741. The minimum atomic E-state index is 0.292. The van der Waals surface area contributed by atoms with Gasteiger partial charge < -0.3 is 15.4 Å². The van der Waals surface area contributed by atoms with Gasteiger partial charge in [-0.2, -0.15) is 0 Å². The van der Waals surface area contributed by atoms with Crippen LogP contribution >= 0.6 is 0 Å². The quantitative estimate of drug-likeness (QED) is 0.786. The monoisotopic (exact) mass is 240 g/mol. The summed E-state index contributed by atoms with van der Waals surface area (Å²) in [7, 11) is 0. The van der Waals surface area contributed by atoms with E-state index in [1.54, 1.807) is 0 Å². The SMILES string of the molecule is CCOC1CC(NC2CCNCC2C)C1(C)C. The van der Waals surface area contributed by atoms with E-state index in [1.165, 1.54) is 12.8 Å². The first-order valence-electron chi connectivity index (χ1n) is 7.14. The van der Waals surface area contributed by atoms with Crippen LogP contribution in [-0.2, 0) is 4.74 Å². The molecule has 0 amide bonds. The molecule has 3 nitrogen and oxygen atoms in total. The lowest BCUT2D eigenvalue weighted by atomic mass is 9.64. The van der Waals surface area contributed by atoms with Gasteiger partial charge in [0.1, 0.15) is 0 Å². The molecule has 2 rings (SSSR count). The minimum Gasteiger partial charge on any atom is -0.378 e. The molecule has 0 aromatic carbocycles. The Kier molecular flexibility index (Phi) is 4.11. The first-order chi connectivity index (χ1) is 8.05. The van der Waals surface area contributed by atoms with Gasteiger partial charge >= 0.3 is 0 Å². The zero-order valence-electron chi connectivity index (χ0n) is 11.8. The lowest BCUT2D eigenvalue weighted by Crippen LogP contribution is -2.64. The average Bonchev–Trinajstić information content (AvgIpc) is 2.30. The summed E-state index contributed by atoms with van der Waals surface area (Å²) in [4.78, 5) is 0. The Balaban J connectivity index is 1.84. The van der Waals surface area contributed by atoms with Crippen LogP contribution in [0.4, 0.5) is 0 Å². The summed E-state index contributed by atoms with van der Waals surface area (Å²) in [6.45, 7) is 12.2. The van der Waals surface area contributed by atoms with Crippen LogP contribution in [0.1, 0.15) is 40.5 Å². The fourth-order valence-electron chi connectivity index (χ4n) is 3.17. The van der Waals surface area contributed by atoms with E-state index < -0.39 is 0 Å². The number of nitrogens with one attached hydrogen (secondary N) is 2. The molecule has 0 radical (unpaired) electrons. The van der Waals surface area contributed by atoms with Gasteiger partial charge in [-0.15, -0.1) is 0 Å². The van der Waals surface area contributed by atoms with Crippen molar-refractivity contribution >= 4 is 0 Å². The molecule has 0 bridgehead atoms. The number of hydrogen-bond donors (Lipinski definition) is 2. The van der Waals surface area contributed by atoms with E-state index in [0.717, 1.165) is 25.6 Å². The second-order valence-corrected chi connectivity index (χ2v) is 6.30. The van der Waals surface area contributed by atoms with Gasteiger partial charge in [-0.05, 0) is 38.8 Å². The standard InChI is InChI=1S/C14H28N2O/c1-5-17-13-8-12(14(13,3)4)16-11-6-7-15-9-10(11)2/h10-13,15-16H,5-9H2,1-4H3. The van der Waals surface area contributed by atoms with Gasteiger partial charge in [-0.25, -0.2) is 0 Å². The van der Waals surface area contributed by atoms with Crippen molar-refractivity contribution in [2.24, 2.45) is 11.3 Å². The molecule has 4 atom stereocenters. The Bertz CT molecular complexity index is 255. The zero-order chi connectivity index (χ0) is 12.5. The molecule has 1 saturated carbocycles. The van der Waals surface area contributed by atoms with E-state index in [4.69, 9.17) is 4.74 Å². The second-order valence-electron chi connectivity index (χ2n) is 6.30. The molecule has 2 N–H and O–H groups in total. The number of piperidine rings is 1. The van der Waals surface area contributed by atoms with E-state index in [-0.39, 0.29) is 0 Å². The van der Waals surface area contributed by atoms with Gasteiger partial charge in [0, 0.05) is 24.1 Å². The second kappa shape index (κ2) is 5.25. The fraction of sp³-hybridized carbons (Fsp3) is 1.00. The zero-order valence-corrected chi connectivity index (χ0v) is 11.8. The minimum absolute atomic E-state index is 0.292. The maximum absolute atomic E-state index is 5.79. The summed E-state index contributed by atoms with van der Waals surface area (Å²) in [6, 6.07) is 1.31. The van der Waals surface area contributed by atoms with Crippen molar-refractivity contribution in [3.05, 3.63) is 0 Å². The van der Waals surface area contributed by atoms with E-state index >= 15 is 0 Å². The first kappa shape index (κ1) is 13.3. The third-order valence-corrected chi connectivity index (χ3v) is 4.75. The van der Waals surface area contributed by atoms with Crippen LogP contribution in [0, 0.1) is 11.3 Å². The van der Waals surface area contributed by atoms with Crippen molar-refractivity contribution < 1.29 is 4.74 Å². The predicted octanol–water partition coefficient (Wildman–Crippen LogP) is 1.78. The smallest absolute Gasteiger partial charge is 0.0655 e. The van der Waals surface area contributed by atoms with Crippen LogP contribution in [0.25, 0.3) is 0 Å². The van der Waals surface area contributed by atoms with E-state index in [0.29, 0.717) is 23.6 Å². The van der Waals surface area contributed by atoms with Crippen molar-refractivity contribution in [3.63, 3.8) is 0 Å². The molecular weight excluding hydrogens is 212 g/mol. The van der Waals surface area contributed by atoms with Crippen LogP contribution in [-0.4, -0.2) is 37.9 Å². The Labute approximate surface area is 106 Å². The van der Waals surface area contributed by atoms with Crippen molar-refractivity contribution in [1.82, 2.24) is 10.6 Å². The topological polar surface area (TPSA) is 33.3 Å². The van der Waals surface area contributed by atoms with E-state index in [9.17, 15) is 0 Å². The third-order valence-electron chi connectivity index (χ3n) is 4.75. The molecule has 17 heavy (non-hydrogen) atoms. The maximum atomic E-state index is 5.79. The van der Waals surface area contributed by atoms with Crippen molar-refractivity contribution in [3.8, 4) is 0 Å². The van der Waals surface area contributed by atoms with Crippen molar-refractivity contribution in [2.45, 2.75) is 58.7 Å². The van der Waals surface area contributed by atoms with E-state index in [1.807, 2.05) is 0 Å². The first-order valence-corrected chi connectivity index (χ1v) is 7.14. The predicted molar refractivity (Wildman–Crippen MR) is 71.2 cm³/mol. The molecule has 1 aliphatic heterocycles. The lowest BCUT2D eigenvalue weighted by molar-refractivity contribution is -0.118. The molecule has 2 aliphatic rings. The normalized spacial score (nSPS) is 40.9. The van der Waals surface area contributed by atoms with Gasteiger partial charge in [0.15, 0.2) is 0 Å². The summed E-state index contributed by atoms with van der Waals surface area (Å²) in [5.41, 5.74) is 0.292. The van der Waals surface area contributed by atoms with Gasteiger partial charge in [0.2, 0.25) is 0 Å². The van der Waals surface area contributed by atoms with Gasteiger partial charge in [-0.3, -0.25) is 0 Å². The molecule has 100 valence electrons. The molecule has 0 spiro atoms. The molecule has 3 heteroatoms. The number of rotatable bonds is 4. The molecule has 1 heterocycles. The van der Waals surface area contributed by atoms with Crippen LogP contribution in [0.15, 0.2) is 0 Å². The van der Waals surface area contributed by atoms with E-state index in [2.05, 4.69) is 38.3 Å². The summed E-state index contributed by atoms with van der Waals surface area (Å²) in [6.07, 6.45) is 2.88. The number of ether oxygens (including phenoxy) is 1. The molecule has 1 aliphatic carbocycles. The molecule has 0 aromatic heterocycles. The Morgan fingerprint density at radius 3 is 2.76 bits per heavy atom.